The number of H-pyrrole nitrogens is 1. The molecule has 2 aromatic heterocycles. The highest BCUT2D eigenvalue weighted by Crippen LogP contribution is 2.30. The molecule has 4 nitrogen and oxygen atoms in total. The van der Waals surface area contributed by atoms with E-state index in [9.17, 15) is 0 Å². The first-order valence-electron chi connectivity index (χ1n) is 5.58. The number of aryl methyl sites for hydroxylation is 1. The lowest BCUT2D eigenvalue weighted by molar-refractivity contribution is 0.742. The third kappa shape index (κ3) is 1.54. The molecule has 4 heteroatoms. The highest BCUT2D eigenvalue weighted by atomic mass is 15.3. The van der Waals surface area contributed by atoms with Gasteiger partial charge in [-0.2, -0.15) is 5.10 Å². The first-order valence-corrected chi connectivity index (χ1v) is 5.58. The second kappa shape index (κ2) is 3.75. The van der Waals surface area contributed by atoms with Gasteiger partial charge in [0.25, 0.3) is 0 Å². The largest absolute Gasteiger partial charge is 0.361 e. The van der Waals surface area contributed by atoms with Gasteiger partial charge in [-0.05, 0) is 6.07 Å². The molecular weight excluding hydrogens is 212 g/mol. The maximum absolute atomic E-state index is 5.73. The van der Waals surface area contributed by atoms with Crippen molar-refractivity contribution in [3.63, 3.8) is 0 Å². The predicted molar refractivity (Wildman–Crippen MR) is 68.4 cm³/mol. The zero-order valence-electron chi connectivity index (χ0n) is 9.64. The molecule has 0 atom stereocenters. The summed E-state index contributed by atoms with van der Waals surface area (Å²) in [5, 5.41) is 5.57. The molecule has 0 bridgehead atoms. The molecule has 0 radical (unpaired) electrons. The second-order valence-corrected chi connectivity index (χ2v) is 4.12. The number of aromatic nitrogens is 3. The fourth-order valence-corrected chi connectivity index (χ4v) is 2.20. The quantitative estimate of drug-likeness (QED) is 0.702. The van der Waals surface area contributed by atoms with Crippen molar-refractivity contribution < 1.29 is 0 Å². The Morgan fingerprint density at radius 2 is 2.12 bits per heavy atom. The van der Waals surface area contributed by atoms with Crippen LogP contribution in [0, 0.1) is 0 Å². The van der Waals surface area contributed by atoms with E-state index in [4.69, 9.17) is 5.73 Å². The van der Waals surface area contributed by atoms with E-state index < -0.39 is 0 Å². The summed E-state index contributed by atoms with van der Waals surface area (Å²) in [5.41, 5.74) is 10.1. The lowest BCUT2D eigenvalue weighted by atomic mass is 10.1. The fourth-order valence-electron chi connectivity index (χ4n) is 2.20. The van der Waals surface area contributed by atoms with Crippen molar-refractivity contribution in [2.75, 3.05) is 0 Å². The molecule has 0 aliphatic heterocycles. The molecule has 86 valence electrons. The molecule has 17 heavy (non-hydrogen) atoms. The topological polar surface area (TPSA) is 59.6 Å². The Morgan fingerprint density at radius 3 is 2.94 bits per heavy atom. The van der Waals surface area contributed by atoms with Gasteiger partial charge in [-0.1, -0.05) is 18.2 Å². The van der Waals surface area contributed by atoms with Crippen molar-refractivity contribution in [2.45, 2.75) is 6.54 Å². The highest BCUT2D eigenvalue weighted by Gasteiger charge is 2.12. The van der Waals surface area contributed by atoms with Crippen molar-refractivity contribution in [3.05, 3.63) is 42.4 Å². The summed E-state index contributed by atoms with van der Waals surface area (Å²) >= 11 is 0. The number of benzene rings is 1. The van der Waals surface area contributed by atoms with E-state index in [0.29, 0.717) is 6.54 Å². The van der Waals surface area contributed by atoms with Crippen LogP contribution in [0.1, 0.15) is 5.69 Å². The Balaban J connectivity index is 2.26. The third-order valence-electron chi connectivity index (χ3n) is 2.98. The number of fused-ring (bicyclic) bond motifs is 1. The Kier molecular flexibility index (Phi) is 2.23. The van der Waals surface area contributed by atoms with Crippen LogP contribution in [0.5, 0.6) is 0 Å². The predicted octanol–water partition coefficient (Wildman–Crippen LogP) is 2.03. The SMILES string of the molecule is Cn1cc(-c2c[nH]c3ccccc23)c(CN)n1. The number of nitrogens with one attached hydrogen (secondary N) is 1. The second-order valence-electron chi connectivity index (χ2n) is 4.12. The molecule has 0 saturated carbocycles. The molecule has 0 aliphatic rings. The zero-order chi connectivity index (χ0) is 11.8. The minimum atomic E-state index is 0.454. The average Bonchev–Trinajstić information content (AvgIpc) is 2.91. The van der Waals surface area contributed by atoms with Gasteiger partial charge in [-0.15, -0.1) is 0 Å². The van der Waals surface area contributed by atoms with Crippen LogP contribution in [0.4, 0.5) is 0 Å². The number of aromatic amines is 1. The minimum absolute atomic E-state index is 0.454. The van der Waals surface area contributed by atoms with Gasteiger partial charge in [-0.3, -0.25) is 4.68 Å². The lowest BCUT2D eigenvalue weighted by Crippen LogP contribution is -1.99. The maximum atomic E-state index is 5.73. The van der Waals surface area contributed by atoms with E-state index in [1.807, 2.05) is 31.6 Å². The monoisotopic (exact) mass is 226 g/mol. The van der Waals surface area contributed by atoms with Crippen molar-refractivity contribution >= 4 is 10.9 Å². The number of hydrogen-bond acceptors (Lipinski definition) is 2. The van der Waals surface area contributed by atoms with E-state index >= 15 is 0 Å². The van der Waals surface area contributed by atoms with Crippen LogP contribution in [0.25, 0.3) is 22.0 Å². The third-order valence-corrected chi connectivity index (χ3v) is 2.98. The number of hydrogen-bond donors (Lipinski definition) is 2. The van der Waals surface area contributed by atoms with Crippen LogP contribution in [-0.4, -0.2) is 14.8 Å². The van der Waals surface area contributed by atoms with Gasteiger partial charge >= 0.3 is 0 Å². The Hall–Kier alpha value is -2.07. The smallest absolute Gasteiger partial charge is 0.0839 e. The molecule has 0 aliphatic carbocycles. The summed E-state index contributed by atoms with van der Waals surface area (Å²) < 4.78 is 1.80. The lowest BCUT2D eigenvalue weighted by Gasteiger charge is -1.97. The van der Waals surface area contributed by atoms with Gasteiger partial charge in [0.1, 0.15) is 0 Å². The highest BCUT2D eigenvalue weighted by molar-refractivity contribution is 5.95. The summed E-state index contributed by atoms with van der Waals surface area (Å²) in [5.74, 6) is 0. The Morgan fingerprint density at radius 1 is 1.29 bits per heavy atom. The van der Waals surface area contributed by atoms with Crippen molar-refractivity contribution in [1.29, 1.82) is 0 Å². The van der Waals surface area contributed by atoms with E-state index in [-0.39, 0.29) is 0 Å². The molecular formula is C13H14N4. The van der Waals surface area contributed by atoms with E-state index in [2.05, 4.69) is 22.2 Å². The zero-order valence-corrected chi connectivity index (χ0v) is 9.64. The van der Waals surface area contributed by atoms with Gasteiger partial charge < -0.3 is 10.7 Å². The van der Waals surface area contributed by atoms with Crippen LogP contribution >= 0.6 is 0 Å². The van der Waals surface area contributed by atoms with Gasteiger partial charge in [0.05, 0.1) is 5.69 Å². The van der Waals surface area contributed by atoms with Crippen molar-refractivity contribution in [1.82, 2.24) is 14.8 Å². The van der Waals surface area contributed by atoms with Gasteiger partial charge in [0, 0.05) is 48.0 Å². The molecule has 3 rings (SSSR count). The molecule has 3 aromatic rings. The summed E-state index contributed by atoms with van der Waals surface area (Å²) in [6.07, 6.45) is 4.03. The molecule has 0 spiro atoms. The molecule has 3 N–H and O–H groups in total. The first-order chi connectivity index (χ1) is 8.29. The summed E-state index contributed by atoms with van der Waals surface area (Å²) in [4.78, 5) is 3.27. The van der Waals surface area contributed by atoms with E-state index in [1.54, 1.807) is 4.68 Å². The number of nitrogens with zero attached hydrogens (tertiary/aromatic N) is 2. The summed E-state index contributed by atoms with van der Waals surface area (Å²) in [6.45, 7) is 0.454. The van der Waals surface area contributed by atoms with Gasteiger partial charge in [-0.25, -0.2) is 0 Å². The number of nitrogens with two attached hydrogens (primary N) is 1. The van der Waals surface area contributed by atoms with Crippen LogP contribution in [0.2, 0.25) is 0 Å². The Labute approximate surface area is 99.1 Å². The van der Waals surface area contributed by atoms with E-state index in [1.165, 1.54) is 5.39 Å². The van der Waals surface area contributed by atoms with Crippen LogP contribution < -0.4 is 5.73 Å². The molecule has 0 fully saturated rings. The number of rotatable bonds is 2. The number of para-hydroxylation sites is 1. The minimum Gasteiger partial charge on any atom is -0.361 e. The fraction of sp³-hybridized carbons (Fsp3) is 0.154. The van der Waals surface area contributed by atoms with Gasteiger partial charge in [0.15, 0.2) is 0 Å². The van der Waals surface area contributed by atoms with E-state index in [0.717, 1.165) is 22.3 Å². The van der Waals surface area contributed by atoms with Crippen molar-refractivity contribution in [2.24, 2.45) is 12.8 Å². The maximum Gasteiger partial charge on any atom is 0.0839 e. The normalized spacial score (nSPS) is 11.2. The molecule has 0 unspecified atom stereocenters. The summed E-state index contributed by atoms with van der Waals surface area (Å²) in [7, 11) is 1.91. The standard InChI is InChI=1S/C13H14N4/c1-17-8-11(13(6-14)16-17)10-7-15-12-5-3-2-4-9(10)12/h2-5,7-8,15H,6,14H2,1H3. The van der Waals surface area contributed by atoms with Crippen molar-refractivity contribution in [3.8, 4) is 11.1 Å². The van der Waals surface area contributed by atoms with Crippen LogP contribution in [0.15, 0.2) is 36.7 Å². The molecule has 1 aromatic carbocycles. The van der Waals surface area contributed by atoms with Crippen LogP contribution in [0.3, 0.4) is 0 Å². The van der Waals surface area contributed by atoms with Gasteiger partial charge in [0.2, 0.25) is 0 Å². The Bertz CT molecular complexity index is 663. The van der Waals surface area contributed by atoms with Crippen LogP contribution in [-0.2, 0) is 13.6 Å². The average molecular weight is 226 g/mol. The summed E-state index contributed by atoms with van der Waals surface area (Å²) in [6, 6.07) is 8.24. The molecule has 2 heterocycles. The first kappa shape index (κ1) is 10.1. The molecule has 0 amide bonds. The molecule has 0 saturated heterocycles.